The predicted octanol–water partition coefficient (Wildman–Crippen LogP) is 2.47. The Labute approximate surface area is 151 Å². The molecule has 2 aromatic carbocycles. The van der Waals surface area contributed by atoms with E-state index in [-0.39, 0.29) is 24.0 Å². The minimum atomic E-state index is -0.965. The monoisotopic (exact) mass is 355 g/mol. The van der Waals surface area contributed by atoms with Crippen molar-refractivity contribution >= 4 is 11.9 Å². The van der Waals surface area contributed by atoms with Crippen LogP contribution in [0.4, 0.5) is 0 Å². The second-order valence-electron chi connectivity index (χ2n) is 6.09. The summed E-state index contributed by atoms with van der Waals surface area (Å²) in [5.74, 6) is -1.07. The summed E-state index contributed by atoms with van der Waals surface area (Å²) >= 11 is 0. The first-order valence-corrected chi connectivity index (χ1v) is 8.51. The third-order valence-corrected chi connectivity index (χ3v) is 4.21. The molecule has 1 atom stereocenters. The molecule has 136 valence electrons. The van der Waals surface area contributed by atoms with Gasteiger partial charge in [0.25, 0.3) is 0 Å². The number of hydrogen-bond acceptors (Lipinski definition) is 4. The highest BCUT2D eigenvalue weighted by Crippen LogP contribution is 2.24. The first kappa shape index (κ1) is 18.1. The summed E-state index contributed by atoms with van der Waals surface area (Å²) in [6.07, 6.45) is 0.0580. The minimum absolute atomic E-state index is 0.102. The summed E-state index contributed by atoms with van der Waals surface area (Å²) < 4.78 is 10.8. The van der Waals surface area contributed by atoms with Gasteiger partial charge in [-0.05, 0) is 28.8 Å². The number of benzene rings is 2. The van der Waals surface area contributed by atoms with Crippen molar-refractivity contribution < 1.29 is 24.2 Å². The molecule has 3 rings (SSSR count). The van der Waals surface area contributed by atoms with Crippen LogP contribution in [0.3, 0.4) is 0 Å². The molecule has 1 aliphatic rings. The molecule has 1 unspecified atom stereocenters. The number of hydrogen-bond donors (Lipinski definition) is 2. The van der Waals surface area contributed by atoms with Crippen molar-refractivity contribution in [3.63, 3.8) is 0 Å². The third-order valence-electron chi connectivity index (χ3n) is 4.21. The summed E-state index contributed by atoms with van der Waals surface area (Å²) in [7, 11) is 0. The van der Waals surface area contributed by atoms with Crippen LogP contribution < -0.4 is 5.32 Å². The maximum atomic E-state index is 12.2. The van der Waals surface area contributed by atoms with Crippen LogP contribution in [-0.2, 0) is 20.8 Å². The smallest absolute Gasteiger partial charge is 0.335 e. The van der Waals surface area contributed by atoms with Crippen molar-refractivity contribution in [3.8, 4) is 11.1 Å². The lowest BCUT2D eigenvalue weighted by atomic mass is 9.98. The van der Waals surface area contributed by atoms with Crippen molar-refractivity contribution in [2.45, 2.75) is 19.1 Å². The number of carboxylic acid groups (broad SMARTS) is 1. The first-order chi connectivity index (χ1) is 12.6. The van der Waals surface area contributed by atoms with Crippen molar-refractivity contribution in [1.82, 2.24) is 5.32 Å². The highest BCUT2D eigenvalue weighted by molar-refractivity contribution is 5.89. The molecule has 26 heavy (non-hydrogen) atoms. The lowest BCUT2D eigenvalue weighted by Gasteiger charge is -2.22. The van der Waals surface area contributed by atoms with E-state index in [0.29, 0.717) is 26.4 Å². The summed E-state index contributed by atoms with van der Waals surface area (Å²) in [5, 5.41) is 12.1. The Hall–Kier alpha value is -2.70. The zero-order valence-electron chi connectivity index (χ0n) is 14.3. The summed E-state index contributed by atoms with van der Waals surface area (Å²) in [6, 6.07) is 14.4. The largest absolute Gasteiger partial charge is 0.478 e. The quantitative estimate of drug-likeness (QED) is 0.831. The number of amides is 1. The first-order valence-electron chi connectivity index (χ1n) is 8.51. The molecule has 1 fully saturated rings. The molecule has 6 heteroatoms. The van der Waals surface area contributed by atoms with Gasteiger partial charge in [-0.3, -0.25) is 4.79 Å². The Bertz CT molecular complexity index is 783. The van der Waals surface area contributed by atoms with E-state index in [2.05, 4.69) is 5.32 Å². The summed E-state index contributed by atoms with van der Waals surface area (Å²) in [6.45, 7) is 1.88. The van der Waals surface area contributed by atoms with E-state index in [1.165, 1.54) is 0 Å². The number of nitrogens with one attached hydrogen (secondary N) is 1. The molecule has 2 N–H and O–H groups in total. The predicted molar refractivity (Wildman–Crippen MR) is 95.9 cm³/mol. The topological polar surface area (TPSA) is 84.9 Å². The average Bonchev–Trinajstić information content (AvgIpc) is 2.67. The van der Waals surface area contributed by atoms with Crippen LogP contribution in [0, 0.1) is 0 Å². The van der Waals surface area contributed by atoms with Crippen LogP contribution in [0.1, 0.15) is 22.3 Å². The SMILES string of the molecule is O=C(CC1COCCO1)NCc1ccccc1-c1cccc(C(=O)O)c1. The fourth-order valence-electron chi connectivity index (χ4n) is 2.90. The van der Waals surface area contributed by atoms with E-state index in [1.807, 2.05) is 30.3 Å². The van der Waals surface area contributed by atoms with Gasteiger partial charge in [-0.15, -0.1) is 0 Å². The van der Waals surface area contributed by atoms with E-state index in [4.69, 9.17) is 9.47 Å². The zero-order chi connectivity index (χ0) is 18.4. The number of carbonyl (C=O) groups excluding carboxylic acids is 1. The maximum Gasteiger partial charge on any atom is 0.335 e. The van der Waals surface area contributed by atoms with Gasteiger partial charge in [0, 0.05) is 6.54 Å². The minimum Gasteiger partial charge on any atom is -0.478 e. The Morgan fingerprint density at radius 1 is 1.12 bits per heavy atom. The molecular formula is C20H21NO5. The fourth-order valence-corrected chi connectivity index (χ4v) is 2.90. The van der Waals surface area contributed by atoms with Gasteiger partial charge in [-0.25, -0.2) is 4.79 Å². The van der Waals surface area contributed by atoms with Crippen molar-refractivity contribution in [2.75, 3.05) is 19.8 Å². The molecule has 0 spiro atoms. The van der Waals surface area contributed by atoms with E-state index in [0.717, 1.165) is 16.7 Å². The number of aromatic carboxylic acids is 1. The molecule has 1 amide bonds. The van der Waals surface area contributed by atoms with E-state index < -0.39 is 5.97 Å². The second-order valence-corrected chi connectivity index (χ2v) is 6.09. The van der Waals surface area contributed by atoms with Gasteiger partial charge >= 0.3 is 5.97 Å². The normalized spacial score (nSPS) is 16.8. The molecule has 1 saturated heterocycles. The highest BCUT2D eigenvalue weighted by Gasteiger charge is 2.18. The molecule has 2 aromatic rings. The van der Waals surface area contributed by atoms with Crippen LogP contribution in [0.25, 0.3) is 11.1 Å². The van der Waals surface area contributed by atoms with E-state index in [1.54, 1.807) is 18.2 Å². The maximum absolute atomic E-state index is 12.2. The van der Waals surface area contributed by atoms with Crippen molar-refractivity contribution in [3.05, 3.63) is 59.7 Å². The molecule has 0 saturated carbocycles. The van der Waals surface area contributed by atoms with Gasteiger partial charge in [-0.2, -0.15) is 0 Å². The Kier molecular flexibility index (Phi) is 5.99. The third kappa shape index (κ3) is 4.68. The molecule has 0 aromatic heterocycles. The van der Waals surface area contributed by atoms with Crippen molar-refractivity contribution in [2.24, 2.45) is 0 Å². The van der Waals surface area contributed by atoms with Gasteiger partial charge in [0.15, 0.2) is 0 Å². The van der Waals surface area contributed by atoms with Gasteiger partial charge in [0.05, 0.1) is 37.9 Å². The molecule has 0 bridgehead atoms. The zero-order valence-corrected chi connectivity index (χ0v) is 14.3. The number of carbonyl (C=O) groups is 2. The van der Waals surface area contributed by atoms with Crippen LogP contribution >= 0.6 is 0 Å². The fraction of sp³-hybridized carbons (Fsp3) is 0.300. The summed E-state index contributed by atoms with van der Waals surface area (Å²) in [4.78, 5) is 23.3. The molecule has 1 heterocycles. The lowest BCUT2D eigenvalue weighted by Crippen LogP contribution is -2.34. The average molecular weight is 355 g/mol. The molecule has 0 aliphatic carbocycles. The van der Waals surface area contributed by atoms with Crippen molar-refractivity contribution in [1.29, 1.82) is 0 Å². The van der Waals surface area contributed by atoms with Gasteiger partial charge in [0.2, 0.25) is 5.91 Å². The van der Waals surface area contributed by atoms with Crippen LogP contribution in [0.5, 0.6) is 0 Å². The van der Waals surface area contributed by atoms with Crippen LogP contribution in [0.15, 0.2) is 48.5 Å². The number of carboxylic acids is 1. The van der Waals surface area contributed by atoms with Gasteiger partial charge in [-0.1, -0.05) is 36.4 Å². The Balaban J connectivity index is 1.68. The Morgan fingerprint density at radius 2 is 1.96 bits per heavy atom. The molecular weight excluding hydrogens is 334 g/mol. The standard InChI is InChI=1S/C20H21NO5/c22-19(11-17-13-25-8-9-26-17)21-12-16-4-1-2-7-18(16)14-5-3-6-15(10-14)20(23)24/h1-7,10,17H,8-9,11-13H2,(H,21,22)(H,23,24). The Morgan fingerprint density at radius 3 is 2.73 bits per heavy atom. The van der Waals surface area contributed by atoms with Gasteiger partial charge < -0.3 is 19.9 Å². The molecule has 0 radical (unpaired) electrons. The number of ether oxygens (including phenoxy) is 2. The van der Waals surface area contributed by atoms with Gasteiger partial charge in [0.1, 0.15) is 0 Å². The molecule has 6 nitrogen and oxygen atoms in total. The highest BCUT2D eigenvalue weighted by atomic mass is 16.6. The molecule has 1 aliphatic heterocycles. The van der Waals surface area contributed by atoms with E-state index in [9.17, 15) is 14.7 Å². The number of rotatable bonds is 6. The van der Waals surface area contributed by atoms with E-state index >= 15 is 0 Å². The second kappa shape index (κ2) is 8.60. The summed E-state index contributed by atoms with van der Waals surface area (Å²) in [5.41, 5.74) is 2.85. The lowest BCUT2D eigenvalue weighted by molar-refractivity contribution is -0.131. The van der Waals surface area contributed by atoms with Crippen LogP contribution in [0.2, 0.25) is 0 Å². The van der Waals surface area contributed by atoms with Crippen LogP contribution in [-0.4, -0.2) is 42.9 Å².